The van der Waals surface area contributed by atoms with Crippen LogP contribution in [0.15, 0.2) is 48.5 Å². The molecule has 0 aromatic heterocycles. The Morgan fingerprint density at radius 1 is 0.917 bits per heavy atom. The maximum atomic E-state index is 12.3. The second-order valence-electron chi connectivity index (χ2n) is 5.90. The SMILES string of the molecule is CC(=O)c1ccccc1NC(=O)c1ccc(NC(=O)C2CC2)cc1. The quantitative estimate of drug-likeness (QED) is 0.827. The van der Waals surface area contributed by atoms with E-state index in [4.69, 9.17) is 0 Å². The Balaban J connectivity index is 1.69. The first kappa shape index (κ1) is 15.9. The Kier molecular flexibility index (Phi) is 4.42. The smallest absolute Gasteiger partial charge is 0.255 e. The summed E-state index contributed by atoms with van der Waals surface area (Å²) in [6, 6.07) is 13.6. The van der Waals surface area contributed by atoms with Crippen molar-refractivity contribution in [1.29, 1.82) is 0 Å². The van der Waals surface area contributed by atoms with Gasteiger partial charge in [0, 0.05) is 22.7 Å². The fraction of sp³-hybridized carbons (Fsp3) is 0.211. The minimum atomic E-state index is -0.302. The monoisotopic (exact) mass is 322 g/mol. The van der Waals surface area contributed by atoms with Gasteiger partial charge in [-0.25, -0.2) is 0 Å². The van der Waals surface area contributed by atoms with Gasteiger partial charge in [0.25, 0.3) is 5.91 Å². The molecule has 0 aliphatic heterocycles. The van der Waals surface area contributed by atoms with Gasteiger partial charge in [-0.2, -0.15) is 0 Å². The Labute approximate surface area is 140 Å². The van der Waals surface area contributed by atoms with Crippen molar-refractivity contribution in [3.63, 3.8) is 0 Å². The van der Waals surface area contributed by atoms with E-state index in [1.165, 1.54) is 6.92 Å². The maximum Gasteiger partial charge on any atom is 0.255 e. The molecule has 0 saturated heterocycles. The third-order valence-corrected chi connectivity index (χ3v) is 3.92. The van der Waals surface area contributed by atoms with E-state index in [1.807, 2.05) is 0 Å². The van der Waals surface area contributed by atoms with Gasteiger partial charge in [-0.3, -0.25) is 14.4 Å². The maximum absolute atomic E-state index is 12.3. The van der Waals surface area contributed by atoms with E-state index in [2.05, 4.69) is 10.6 Å². The van der Waals surface area contributed by atoms with Crippen molar-refractivity contribution < 1.29 is 14.4 Å². The number of ketones is 1. The molecule has 0 heterocycles. The number of Topliss-reactive ketones (excluding diaryl/α,β-unsaturated/α-hetero) is 1. The summed E-state index contributed by atoms with van der Waals surface area (Å²) in [5.41, 5.74) is 2.09. The van der Waals surface area contributed by atoms with Crippen LogP contribution >= 0.6 is 0 Å². The van der Waals surface area contributed by atoms with Crippen LogP contribution in [-0.4, -0.2) is 17.6 Å². The number of carbonyl (C=O) groups excluding carboxylic acids is 3. The Bertz CT molecular complexity index is 793. The fourth-order valence-corrected chi connectivity index (χ4v) is 2.39. The Morgan fingerprint density at radius 3 is 2.21 bits per heavy atom. The van der Waals surface area contributed by atoms with Gasteiger partial charge in [-0.05, 0) is 56.2 Å². The molecule has 1 aliphatic rings. The van der Waals surface area contributed by atoms with Crippen LogP contribution in [0.1, 0.15) is 40.5 Å². The van der Waals surface area contributed by atoms with Crippen LogP contribution < -0.4 is 10.6 Å². The van der Waals surface area contributed by atoms with Crippen molar-refractivity contribution in [2.24, 2.45) is 5.92 Å². The van der Waals surface area contributed by atoms with E-state index < -0.39 is 0 Å². The molecule has 0 radical (unpaired) electrons. The van der Waals surface area contributed by atoms with Gasteiger partial charge in [0.2, 0.25) is 5.91 Å². The zero-order valence-corrected chi connectivity index (χ0v) is 13.3. The highest BCUT2D eigenvalue weighted by Gasteiger charge is 2.29. The first-order valence-electron chi connectivity index (χ1n) is 7.87. The number of carbonyl (C=O) groups is 3. The lowest BCUT2D eigenvalue weighted by Gasteiger charge is -2.10. The van der Waals surface area contributed by atoms with Gasteiger partial charge in [0.05, 0.1) is 5.69 Å². The van der Waals surface area contributed by atoms with Crippen molar-refractivity contribution in [2.45, 2.75) is 19.8 Å². The predicted octanol–water partition coefficient (Wildman–Crippen LogP) is 3.49. The lowest BCUT2D eigenvalue weighted by atomic mass is 10.1. The molecule has 24 heavy (non-hydrogen) atoms. The van der Waals surface area contributed by atoms with Crippen molar-refractivity contribution in [2.75, 3.05) is 10.6 Å². The minimum absolute atomic E-state index is 0.0302. The van der Waals surface area contributed by atoms with Gasteiger partial charge in [-0.15, -0.1) is 0 Å². The number of hydrogen-bond acceptors (Lipinski definition) is 3. The van der Waals surface area contributed by atoms with E-state index in [0.29, 0.717) is 22.5 Å². The van der Waals surface area contributed by atoms with Crippen molar-refractivity contribution in [1.82, 2.24) is 0 Å². The van der Waals surface area contributed by atoms with Gasteiger partial charge in [0.15, 0.2) is 5.78 Å². The molecule has 122 valence electrons. The molecule has 2 amide bonds. The van der Waals surface area contributed by atoms with Crippen LogP contribution in [0.5, 0.6) is 0 Å². The molecule has 1 saturated carbocycles. The summed E-state index contributed by atoms with van der Waals surface area (Å²) in [4.78, 5) is 35.6. The summed E-state index contributed by atoms with van der Waals surface area (Å²) in [6.45, 7) is 1.46. The molecular weight excluding hydrogens is 304 g/mol. The van der Waals surface area contributed by atoms with Crippen LogP contribution in [0.4, 0.5) is 11.4 Å². The number of benzene rings is 2. The molecule has 0 atom stereocenters. The van der Waals surface area contributed by atoms with Crippen molar-refractivity contribution in [3.05, 3.63) is 59.7 Å². The van der Waals surface area contributed by atoms with E-state index in [9.17, 15) is 14.4 Å². The predicted molar refractivity (Wildman–Crippen MR) is 92.2 cm³/mol. The standard InChI is InChI=1S/C19H18N2O3/c1-12(22)16-4-2-3-5-17(16)21-19(24)14-8-10-15(11-9-14)20-18(23)13-6-7-13/h2-5,8-11,13H,6-7H2,1H3,(H,20,23)(H,21,24). The van der Waals surface area contributed by atoms with Crippen LogP contribution in [0, 0.1) is 5.92 Å². The Hall–Kier alpha value is -2.95. The summed E-state index contributed by atoms with van der Waals surface area (Å²) in [6.07, 6.45) is 1.89. The summed E-state index contributed by atoms with van der Waals surface area (Å²) >= 11 is 0. The second-order valence-corrected chi connectivity index (χ2v) is 5.90. The molecular formula is C19H18N2O3. The topological polar surface area (TPSA) is 75.3 Å². The number of amides is 2. The molecule has 2 aromatic rings. The molecule has 1 aliphatic carbocycles. The first-order valence-corrected chi connectivity index (χ1v) is 7.87. The molecule has 2 aromatic carbocycles. The summed E-state index contributed by atoms with van der Waals surface area (Å²) in [7, 11) is 0. The van der Waals surface area contributed by atoms with E-state index in [-0.39, 0.29) is 23.5 Å². The average Bonchev–Trinajstić information content (AvgIpc) is 3.40. The number of hydrogen-bond donors (Lipinski definition) is 2. The highest BCUT2D eigenvalue weighted by molar-refractivity contribution is 6.09. The normalized spacial score (nSPS) is 13.2. The molecule has 5 heteroatoms. The Morgan fingerprint density at radius 2 is 1.58 bits per heavy atom. The van der Waals surface area contributed by atoms with Crippen LogP contribution in [0.25, 0.3) is 0 Å². The molecule has 0 unspecified atom stereocenters. The molecule has 1 fully saturated rings. The zero-order valence-electron chi connectivity index (χ0n) is 13.3. The van der Waals surface area contributed by atoms with E-state index in [0.717, 1.165) is 12.8 Å². The van der Waals surface area contributed by atoms with E-state index >= 15 is 0 Å². The zero-order chi connectivity index (χ0) is 17.1. The lowest BCUT2D eigenvalue weighted by Crippen LogP contribution is -2.15. The summed E-state index contributed by atoms with van der Waals surface area (Å²) in [5.74, 6) is -0.244. The molecule has 0 spiro atoms. The van der Waals surface area contributed by atoms with Gasteiger partial charge < -0.3 is 10.6 Å². The van der Waals surface area contributed by atoms with Crippen molar-refractivity contribution in [3.8, 4) is 0 Å². The number of rotatable bonds is 5. The van der Waals surface area contributed by atoms with Gasteiger partial charge in [-0.1, -0.05) is 12.1 Å². The highest BCUT2D eigenvalue weighted by atomic mass is 16.2. The van der Waals surface area contributed by atoms with Crippen molar-refractivity contribution >= 4 is 29.0 Å². The van der Waals surface area contributed by atoms with Gasteiger partial charge in [0.1, 0.15) is 0 Å². The number of anilines is 2. The lowest BCUT2D eigenvalue weighted by molar-refractivity contribution is -0.117. The van der Waals surface area contributed by atoms with Gasteiger partial charge >= 0.3 is 0 Å². The largest absolute Gasteiger partial charge is 0.326 e. The highest BCUT2D eigenvalue weighted by Crippen LogP contribution is 2.30. The summed E-state index contributed by atoms with van der Waals surface area (Å²) < 4.78 is 0. The second kappa shape index (κ2) is 6.66. The molecule has 2 N–H and O–H groups in total. The molecule has 5 nitrogen and oxygen atoms in total. The molecule has 3 rings (SSSR count). The third kappa shape index (κ3) is 3.68. The van der Waals surface area contributed by atoms with Crippen LogP contribution in [0.3, 0.4) is 0 Å². The third-order valence-electron chi connectivity index (χ3n) is 3.92. The van der Waals surface area contributed by atoms with Crippen LogP contribution in [-0.2, 0) is 4.79 Å². The van der Waals surface area contributed by atoms with Crippen LogP contribution in [0.2, 0.25) is 0 Å². The number of para-hydroxylation sites is 1. The van der Waals surface area contributed by atoms with E-state index in [1.54, 1.807) is 48.5 Å². The average molecular weight is 322 g/mol. The first-order chi connectivity index (χ1) is 11.5. The molecule has 0 bridgehead atoms. The fourth-order valence-electron chi connectivity index (χ4n) is 2.39. The minimum Gasteiger partial charge on any atom is -0.326 e. The number of nitrogens with one attached hydrogen (secondary N) is 2. The summed E-state index contributed by atoms with van der Waals surface area (Å²) in [5, 5.41) is 5.58.